The molecule has 0 aliphatic rings. The SMILES string of the molecule is CC(C)N(CCO)C(=O)c1ccc(Cl)nn1. The first kappa shape index (κ1) is 12.9. The smallest absolute Gasteiger partial charge is 0.274 e. The van der Waals surface area contributed by atoms with Crippen LogP contribution in [0.5, 0.6) is 0 Å². The van der Waals surface area contributed by atoms with Gasteiger partial charge in [0, 0.05) is 12.6 Å². The van der Waals surface area contributed by atoms with Gasteiger partial charge in [-0.15, -0.1) is 10.2 Å². The lowest BCUT2D eigenvalue weighted by molar-refractivity contribution is 0.0658. The topological polar surface area (TPSA) is 66.3 Å². The molecule has 1 N–H and O–H groups in total. The van der Waals surface area contributed by atoms with E-state index in [4.69, 9.17) is 16.7 Å². The number of carbonyl (C=O) groups is 1. The second-order valence-electron chi connectivity index (χ2n) is 3.56. The fourth-order valence-corrected chi connectivity index (χ4v) is 1.38. The van der Waals surface area contributed by atoms with Gasteiger partial charge in [-0.1, -0.05) is 11.6 Å². The van der Waals surface area contributed by atoms with E-state index in [1.807, 2.05) is 13.8 Å². The Balaban J connectivity index is 2.86. The Morgan fingerprint density at radius 2 is 2.19 bits per heavy atom. The number of halogens is 1. The first-order chi connectivity index (χ1) is 7.56. The summed E-state index contributed by atoms with van der Waals surface area (Å²) in [6, 6.07) is 3.03. The molecule has 0 unspecified atom stereocenters. The lowest BCUT2D eigenvalue weighted by Crippen LogP contribution is -2.39. The van der Waals surface area contributed by atoms with Gasteiger partial charge < -0.3 is 10.0 Å². The lowest BCUT2D eigenvalue weighted by atomic mass is 10.2. The minimum atomic E-state index is -0.256. The van der Waals surface area contributed by atoms with E-state index >= 15 is 0 Å². The molecule has 0 bridgehead atoms. The van der Waals surface area contributed by atoms with Gasteiger partial charge in [-0.3, -0.25) is 4.79 Å². The number of aromatic nitrogens is 2. The molecule has 16 heavy (non-hydrogen) atoms. The van der Waals surface area contributed by atoms with Gasteiger partial charge in [-0.05, 0) is 26.0 Å². The highest BCUT2D eigenvalue weighted by molar-refractivity contribution is 6.29. The summed E-state index contributed by atoms with van der Waals surface area (Å²) in [5, 5.41) is 16.4. The summed E-state index contributed by atoms with van der Waals surface area (Å²) in [6.45, 7) is 3.94. The fraction of sp³-hybridized carbons (Fsp3) is 0.500. The van der Waals surface area contributed by atoms with Crippen molar-refractivity contribution in [2.75, 3.05) is 13.2 Å². The van der Waals surface area contributed by atoms with Crippen LogP contribution in [0.3, 0.4) is 0 Å². The molecule has 0 radical (unpaired) electrons. The van der Waals surface area contributed by atoms with Crippen LogP contribution in [0.15, 0.2) is 12.1 Å². The van der Waals surface area contributed by atoms with Crippen molar-refractivity contribution in [2.45, 2.75) is 19.9 Å². The average molecular weight is 244 g/mol. The molecule has 6 heteroatoms. The molecule has 1 aromatic heterocycles. The zero-order chi connectivity index (χ0) is 12.1. The average Bonchev–Trinajstić information content (AvgIpc) is 2.25. The molecule has 0 aliphatic heterocycles. The molecule has 1 heterocycles. The van der Waals surface area contributed by atoms with Gasteiger partial charge in [0.05, 0.1) is 6.61 Å². The van der Waals surface area contributed by atoms with E-state index in [0.29, 0.717) is 0 Å². The summed E-state index contributed by atoms with van der Waals surface area (Å²) in [7, 11) is 0. The van der Waals surface area contributed by atoms with Crippen molar-refractivity contribution in [3.63, 3.8) is 0 Å². The number of hydrogen-bond donors (Lipinski definition) is 1. The van der Waals surface area contributed by atoms with E-state index in [1.165, 1.54) is 17.0 Å². The lowest BCUT2D eigenvalue weighted by Gasteiger charge is -2.25. The molecule has 1 rings (SSSR count). The minimum Gasteiger partial charge on any atom is -0.395 e. The van der Waals surface area contributed by atoms with Gasteiger partial charge in [0.2, 0.25) is 0 Å². The van der Waals surface area contributed by atoms with Crippen LogP contribution in [-0.2, 0) is 0 Å². The van der Waals surface area contributed by atoms with E-state index in [1.54, 1.807) is 0 Å². The van der Waals surface area contributed by atoms with Crippen molar-refractivity contribution in [1.82, 2.24) is 15.1 Å². The summed E-state index contributed by atoms with van der Waals surface area (Å²) < 4.78 is 0. The molecule has 0 spiro atoms. The zero-order valence-corrected chi connectivity index (χ0v) is 9.98. The minimum absolute atomic E-state index is 0.00266. The van der Waals surface area contributed by atoms with Crippen LogP contribution in [0.4, 0.5) is 0 Å². The predicted octanol–water partition coefficient (Wildman–Crippen LogP) is 0.973. The van der Waals surface area contributed by atoms with Gasteiger partial charge in [-0.25, -0.2) is 0 Å². The molecule has 88 valence electrons. The third-order valence-electron chi connectivity index (χ3n) is 2.08. The summed E-state index contributed by atoms with van der Waals surface area (Å²) in [4.78, 5) is 13.5. The Morgan fingerprint density at radius 1 is 1.50 bits per heavy atom. The summed E-state index contributed by atoms with van der Waals surface area (Å²) >= 11 is 5.58. The van der Waals surface area contributed by atoms with E-state index < -0.39 is 0 Å². The molecule has 1 aromatic rings. The fourth-order valence-electron chi connectivity index (χ4n) is 1.28. The first-order valence-corrected chi connectivity index (χ1v) is 5.35. The van der Waals surface area contributed by atoms with Crippen molar-refractivity contribution in [3.05, 3.63) is 23.0 Å². The van der Waals surface area contributed by atoms with Crippen LogP contribution in [-0.4, -0.2) is 45.3 Å². The van der Waals surface area contributed by atoms with Crippen LogP contribution >= 0.6 is 11.6 Å². The van der Waals surface area contributed by atoms with Crippen molar-refractivity contribution in [1.29, 1.82) is 0 Å². The largest absolute Gasteiger partial charge is 0.395 e. The molecular weight excluding hydrogens is 230 g/mol. The van der Waals surface area contributed by atoms with E-state index in [9.17, 15) is 4.79 Å². The summed E-state index contributed by atoms with van der Waals surface area (Å²) in [6.07, 6.45) is 0. The molecular formula is C10H14ClN3O2. The van der Waals surface area contributed by atoms with Crippen molar-refractivity contribution in [2.24, 2.45) is 0 Å². The van der Waals surface area contributed by atoms with Gasteiger partial charge in [0.15, 0.2) is 10.8 Å². The maximum Gasteiger partial charge on any atom is 0.274 e. The Bertz CT molecular complexity index is 354. The standard InChI is InChI=1S/C10H14ClN3O2/c1-7(2)14(5-6-15)10(16)8-3-4-9(11)13-12-8/h3-4,7,15H,5-6H2,1-2H3. The van der Waals surface area contributed by atoms with Crippen LogP contribution in [0.2, 0.25) is 5.15 Å². The highest BCUT2D eigenvalue weighted by Gasteiger charge is 2.19. The first-order valence-electron chi connectivity index (χ1n) is 4.97. The van der Waals surface area contributed by atoms with Crippen LogP contribution in [0.1, 0.15) is 24.3 Å². The third-order valence-corrected chi connectivity index (χ3v) is 2.28. The number of rotatable bonds is 4. The van der Waals surface area contributed by atoms with Crippen LogP contribution in [0.25, 0.3) is 0 Å². The predicted molar refractivity (Wildman–Crippen MR) is 60.3 cm³/mol. The van der Waals surface area contributed by atoms with Gasteiger partial charge in [-0.2, -0.15) is 0 Å². The van der Waals surface area contributed by atoms with Crippen molar-refractivity contribution >= 4 is 17.5 Å². The molecule has 0 aliphatic carbocycles. The Kier molecular flexibility index (Phi) is 4.64. The van der Waals surface area contributed by atoms with Gasteiger partial charge >= 0.3 is 0 Å². The molecule has 5 nitrogen and oxygen atoms in total. The quantitative estimate of drug-likeness (QED) is 0.856. The second kappa shape index (κ2) is 5.77. The molecule has 0 fully saturated rings. The van der Waals surface area contributed by atoms with Gasteiger partial charge in [0.1, 0.15) is 0 Å². The molecule has 0 aromatic carbocycles. The number of carbonyl (C=O) groups excluding carboxylic acids is 1. The number of hydrogen-bond acceptors (Lipinski definition) is 4. The second-order valence-corrected chi connectivity index (χ2v) is 3.94. The Labute approximate surface area is 99.0 Å². The monoisotopic (exact) mass is 243 g/mol. The molecule has 1 amide bonds. The normalized spacial score (nSPS) is 10.6. The molecule has 0 atom stereocenters. The molecule has 0 saturated carbocycles. The highest BCUT2D eigenvalue weighted by Crippen LogP contribution is 2.07. The number of amides is 1. The third kappa shape index (κ3) is 3.15. The van der Waals surface area contributed by atoms with E-state index in [0.717, 1.165) is 0 Å². The van der Waals surface area contributed by atoms with Gasteiger partial charge in [0.25, 0.3) is 5.91 Å². The summed E-state index contributed by atoms with van der Waals surface area (Å²) in [5.74, 6) is -0.256. The summed E-state index contributed by atoms with van der Waals surface area (Å²) in [5.41, 5.74) is 0.228. The number of aliphatic hydroxyl groups is 1. The highest BCUT2D eigenvalue weighted by atomic mass is 35.5. The van der Waals surface area contributed by atoms with Crippen molar-refractivity contribution < 1.29 is 9.90 Å². The van der Waals surface area contributed by atoms with E-state index in [2.05, 4.69) is 10.2 Å². The Hall–Kier alpha value is -1.20. The number of aliphatic hydroxyl groups excluding tert-OH is 1. The maximum absolute atomic E-state index is 12.0. The van der Waals surface area contributed by atoms with Crippen LogP contribution in [0, 0.1) is 0 Å². The van der Waals surface area contributed by atoms with Crippen LogP contribution < -0.4 is 0 Å². The van der Waals surface area contributed by atoms with Crippen molar-refractivity contribution in [3.8, 4) is 0 Å². The molecule has 0 saturated heterocycles. The Morgan fingerprint density at radius 3 is 2.62 bits per heavy atom. The maximum atomic E-state index is 12.0. The van der Waals surface area contributed by atoms with E-state index in [-0.39, 0.29) is 35.9 Å². The zero-order valence-electron chi connectivity index (χ0n) is 9.22. The number of nitrogens with zero attached hydrogens (tertiary/aromatic N) is 3.